The van der Waals surface area contributed by atoms with Crippen LogP contribution in [0.15, 0.2) is 24.3 Å². The lowest BCUT2D eigenvalue weighted by atomic mass is 10.1. The average molecular weight is 216 g/mol. The van der Waals surface area contributed by atoms with E-state index in [1.54, 1.807) is 24.3 Å². The van der Waals surface area contributed by atoms with Crippen LogP contribution in [-0.2, 0) is 0 Å². The fourth-order valence-electron chi connectivity index (χ4n) is 1.49. The molecule has 0 saturated carbocycles. The quantitative estimate of drug-likeness (QED) is 0.840. The van der Waals surface area contributed by atoms with E-state index < -0.39 is 0 Å². The largest absolute Gasteiger partial charge is 0.349 e. The summed E-state index contributed by atoms with van der Waals surface area (Å²) in [5.41, 5.74) is 1.06. The molecule has 0 atom stereocenters. The fourth-order valence-corrected chi connectivity index (χ4v) is 1.49. The molecule has 0 unspecified atom stereocenters. The first-order chi connectivity index (χ1) is 7.71. The molecule has 1 rings (SSSR count). The fraction of sp³-hybridized carbons (Fsp3) is 0.385. The molecule has 0 radical (unpaired) electrons. The van der Waals surface area contributed by atoms with Gasteiger partial charge in [0.15, 0.2) is 0 Å². The Bertz CT molecular complexity index is 403. The standard InChI is InChI=1S/C13H16N2O/c1-3-12(4-2)15-13(16)11-7-5-6-10(8-11)9-14/h5-8,12H,3-4H2,1-2H3,(H,15,16). The maximum Gasteiger partial charge on any atom is 0.251 e. The van der Waals surface area contributed by atoms with Gasteiger partial charge in [-0.25, -0.2) is 0 Å². The van der Waals surface area contributed by atoms with E-state index >= 15 is 0 Å². The van der Waals surface area contributed by atoms with Crippen molar-refractivity contribution in [2.45, 2.75) is 32.7 Å². The van der Waals surface area contributed by atoms with Crippen molar-refractivity contribution < 1.29 is 4.79 Å². The van der Waals surface area contributed by atoms with Gasteiger partial charge in [0.05, 0.1) is 11.6 Å². The van der Waals surface area contributed by atoms with Crippen LogP contribution in [0.25, 0.3) is 0 Å². The lowest BCUT2D eigenvalue weighted by molar-refractivity contribution is 0.0935. The summed E-state index contributed by atoms with van der Waals surface area (Å²) in [4.78, 5) is 11.8. The summed E-state index contributed by atoms with van der Waals surface area (Å²) in [6.07, 6.45) is 1.83. The maximum absolute atomic E-state index is 11.8. The van der Waals surface area contributed by atoms with E-state index in [-0.39, 0.29) is 11.9 Å². The number of nitrogens with one attached hydrogen (secondary N) is 1. The summed E-state index contributed by atoms with van der Waals surface area (Å²) >= 11 is 0. The number of carbonyl (C=O) groups excluding carboxylic acids is 1. The van der Waals surface area contributed by atoms with Gasteiger partial charge in [-0.2, -0.15) is 5.26 Å². The minimum Gasteiger partial charge on any atom is -0.349 e. The van der Waals surface area contributed by atoms with Crippen molar-refractivity contribution in [3.63, 3.8) is 0 Å². The summed E-state index contributed by atoms with van der Waals surface area (Å²) < 4.78 is 0. The molecule has 1 N–H and O–H groups in total. The van der Waals surface area contributed by atoms with E-state index in [9.17, 15) is 4.79 Å². The van der Waals surface area contributed by atoms with Crippen molar-refractivity contribution in [1.29, 1.82) is 5.26 Å². The zero-order chi connectivity index (χ0) is 12.0. The minimum absolute atomic E-state index is 0.106. The Hall–Kier alpha value is -1.82. The Morgan fingerprint density at radius 3 is 2.69 bits per heavy atom. The number of benzene rings is 1. The van der Waals surface area contributed by atoms with Crippen molar-refractivity contribution in [3.8, 4) is 6.07 Å². The van der Waals surface area contributed by atoms with Crippen molar-refractivity contribution in [1.82, 2.24) is 5.32 Å². The number of hydrogen-bond acceptors (Lipinski definition) is 2. The Morgan fingerprint density at radius 1 is 1.44 bits per heavy atom. The molecule has 0 fully saturated rings. The summed E-state index contributed by atoms with van der Waals surface area (Å²) in [5.74, 6) is -0.106. The number of carbonyl (C=O) groups is 1. The van der Waals surface area contributed by atoms with Crippen LogP contribution in [0.2, 0.25) is 0 Å². The Kier molecular flexibility index (Phi) is 4.53. The lowest BCUT2D eigenvalue weighted by Gasteiger charge is -2.14. The predicted octanol–water partition coefficient (Wildman–Crippen LogP) is 2.48. The molecule has 1 amide bonds. The van der Waals surface area contributed by atoms with Gasteiger partial charge in [-0.1, -0.05) is 19.9 Å². The number of hydrogen-bond donors (Lipinski definition) is 1. The van der Waals surface area contributed by atoms with Crippen LogP contribution in [0.1, 0.15) is 42.6 Å². The number of nitriles is 1. The third kappa shape index (κ3) is 3.09. The van der Waals surface area contributed by atoms with Crippen LogP contribution < -0.4 is 5.32 Å². The highest BCUT2D eigenvalue weighted by Gasteiger charge is 2.10. The number of rotatable bonds is 4. The van der Waals surface area contributed by atoms with E-state index in [4.69, 9.17) is 5.26 Å². The second kappa shape index (κ2) is 5.92. The molecule has 0 spiro atoms. The van der Waals surface area contributed by atoms with E-state index in [0.29, 0.717) is 11.1 Å². The molecule has 16 heavy (non-hydrogen) atoms. The first kappa shape index (κ1) is 12.3. The molecule has 3 heteroatoms. The van der Waals surface area contributed by atoms with Crippen LogP contribution in [0.3, 0.4) is 0 Å². The van der Waals surface area contributed by atoms with Crippen LogP contribution in [-0.4, -0.2) is 11.9 Å². The summed E-state index contributed by atoms with van der Waals surface area (Å²) in [6.45, 7) is 4.08. The summed E-state index contributed by atoms with van der Waals surface area (Å²) in [6, 6.07) is 8.97. The molecular weight excluding hydrogens is 200 g/mol. The van der Waals surface area contributed by atoms with E-state index in [1.807, 2.05) is 19.9 Å². The third-order valence-electron chi connectivity index (χ3n) is 2.57. The van der Waals surface area contributed by atoms with E-state index in [0.717, 1.165) is 12.8 Å². The summed E-state index contributed by atoms with van der Waals surface area (Å²) in [5, 5.41) is 11.7. The molecular formula is C13H16N2O. The van der Waals surface area contributed by atoms with Crippen molar-refractivity contribution in [3.05, 3.63) is 35.4 Å². The molecule has 0 aromatic heterocycles. The van der Waals surface area contributed by atoms with Gasteiger partial charge in [0.2, 0.25) is 0 Å². The van der Waals surface area contributed by atoms with Crippen LogP contribution in [0.5, 0.6) is 0 Å². The Labute approximate surface area is 96.1 Å². The number of amides is 1. The van der Waals surface area contributed by atoms with Gasteiger partial charge >= 0.3 is 0 Å². The minimum atomic E-state index is -0.106. The maximum atomic E-state index is 11.8. The highest BCUT2D eigenvalue weighted by Crippen LogP contribution is 2.05. The first-order valence-corrected chi connectivity index (χ1v) is 5.52. The normalized spacial score (nSPS) is 9.88. The second-order valence-electron chi connectivity index (χ2n) is 3.68. The predicted molar refractivity (Wildman–Crippen MR) is 63.0 cm³/mol. The zero-order valence-electron chi connectivity index (χ0n) is 9.66. The van der Waals surface area contributed by atoms with Gasteiger partial charge in [0, 0.05) is 11.6 Å². The zero-order valence-corrected chi connectivity index (χ0v) is 9.66. The van der Waals surface area contributed by atoms with Gasteiger partial charge in [0.25, 0.3) is 5.91 Å². The molecule has 0 aliphatic carbocycles. The molecule has 0 heterocycles. The molecule has 3 nitrogen and oxygen atoms in total. The molecule has 0 aliphatic rings. The van der Waals surface area contributed by atoms with Gasteiger partial charge in [0.1, 0.15) is 0 Å². The molecule has 1 aromatic carbocycles. The molecule has 84 valence electrons. The van der Waals surface area contributed by atoms with Crippen LogP contribution in [0.4, 0.5) is 0 Å². The lowest BCUT2D eigenvalue weighted by Crippen LogP contribution is -2.33. The molecule has 0 bridgehead atoms. The van der Waals surface area contributed by atoms with Crippen molar-refractivity contribution in [2.24, 2.45) is 0 Å². The van der Waals surface area contributed by atoms with E-state index in [2.05, 4.69) is 5.32 Å². The van der Waals surface area contributed by atoms with Crippen LogP contribution >= 0.6 is 0 Å². The average Bonchev–Trinajstić information content (AvgIpc) is 2.35. The highest BCUT2D eigenvalue weighted by atomic mass is 16.1. The third-order valence-corrected chi connectivity index (χ3v) is 2.57. The molecule has 0 aliphatic heterocycles. The van der Waals surface area contributed by atoms with Gasteiger partial charge in [-0.05, 0) is 31.0 Å². The Morgan fingerprint density at radius 2 is 2.12 bits per heavy atom. The van der Waals surface area contributed by atoms with Crippen LogP contribution in [0, 0.1) is 11.3 Å². The monoisotopic (exact) mass is 216 g/mol. The number of nitrogens with zero attached hydrogens (tertiary/aromatic N) is 1. The smallest absolute Gasteiger partial charge is 0.251 e. The van der Waals surface area contributed by atoms with Gasteiger partial charge in [-0.15, -0.1) is 0 Å². The molecule has 1 aromatic rings. The van der Waals surface area contributed by atoms with Gasteiger partial charge in [-0.3, -0.25) is 4.79 Å². The van der Waals surface area contributed by atoms with Crippen molar-refractivity contribution >= 4 is 5.91 Å². The Balaban J connectivity index is 2.77. The molecule has 0 saturated heterocycles. The highest BCUT2D eigenvalue weighted by molar-refractivity contribution is 5.94. The van der Waals surface area contributed by atoms with E-state index in [1.165, 1.54) is 0 Å². The van der Waals surface area contributed by atoms with Gasteiger partial charge < -0.3 is 5.32 Å². The summed E-state index contributed by atoms with van der Waals surface area (Å²) in [7, 11) is 0. The topological polar surface area (TPSA) is 52.9 Å². The van der Waals surface area contributed by atoms with Crippen molar-refractivity contribution in [2.75, 3.05) is 0 Å². The first-order valence-electron chi connectivity index (χ1n) is 5.52. The second-order valence-corrected chi connectivity index (χ2v) is 3.68. The SMILES string of the molecule is CCC(CC)NC(=O)c1cccc(C#N)c1.